The number of hydrogen-bond donors (Lipinski definition) is 2. The molecule has 104 valence electrons. The van der Waals surface area contributed by atoms with Crippen LogP contribution in [0.3, 0.4) is 0 Å². The number of hydrogen-bond acceptors (Lipinski definition) is 5. The zero-order valence-electron chi connectivity index (χ0n) is 10.7. The Labute approximate surface area is 111 Å². The van der Waals surface area contributed by atoms with Gasteiger partial charge in [0.1, 0.15) is 6.61 Å². The van der Waals surface area contributed by atoms with Crippen molar-refractivity contribution in [2.75, 3.05) is 49.7 Å². The second kappa shape index (κ2) is 6.96. The number of aliphatic hydroxyl groups excluding tert-OH is 1. The highest BCUT2D eigenvalue weighted by Crippen LogP contribution is 2.26. The van der Waals surface area contributed by atoms with Crippen LogP contribution in [0.25, 0.3) is 0 Å². The first-order valence-corrected chi connectivity index (χ1v) is 6.27. The van der Waals surface area contributed by atoms with Gasteiger partial charge in [-0.05, 0) is 12.1 Å². The van der Waals surface area contributed by atoms with E-state index in [1.807, 2.05) is 24.3 Å². The van der Waals surface area contributed by atoms with E-state index >= 15 is 0 Å². The smallest absolute Gasteiger partial charge is 0.411 e. The lowest BCUT2D eigenvalue weighted by atomic mass is 10.2. The van der Waals surface area contributed by atoms with Crippen molar-refractivity contribution in [1.82, 2.24) is 0 Å². The molecule has 0 spiro atoms. The number of amides is 1. The molecule has 0 bridgehead atoms. The highest BCUT2D eigenvalue weighted by atomic mass is 16.6. The third-order valence-corrected chi connectivity index (χ3v) is 2.82. The maximum absolute atomic E-state index is 11.5. The Morgan fingerprint density at radius 3 is 2.84 bits per heavy atom. The molecule has 0 radical (unpaired) electrons. The molecule has 6 nitrogen and oxygen atoms in total. The van der Waals surface area contributed by atoms with Gasteiger partial charge in [-0.15, -0.1) is 0 Å². The molecule has 1 aromatic rings. The maximum Gasteiger partial charge on any atom is 0.411 e. The predicted molar refractivity (Wildman–Crippen MR) is 71.5 cm³/mol. The lowest BCUT2D eigenvalue weighted by Gasteiger charge is -2.30. The first kappa shape index (κ1) is 13.6. The summed E-state index contributed by atoms with van der Waals surface area (Å²) in [5, 5.41) is 11.3. The monoisotopic (exact) mass is 266 g/mol. The summed E-state index contributed by atoms with van der Waals surface area (Å²) in [7, 11) is 0. The van der Waals surface area contributed by atoms with Crippen LogP contribution >= 0.6 is 0 Å². The Morgan fingerprint density at radius 2 is 2.11 bits per heavy atom. The highest BCUT2D eigenvalue weighted by Gasteiger charge is 2.15. The summed E-state index contributed by atoms with van der Waals surface area (Å²) in [5.74, 6) is 0. The first-order chi connectivity index (χ1) is 9.31. The number of nitrogens with zero attached hydrogens (tertiary/aromatic N) is 1. The molecular weight excluding hydrogens is 248 g/mol. The van der Waals surface area contributed by atoms with E-state index in [-0.39, 0.29) is 13.2 Å². The lowest BCUT2D eigenvalue weighted by Crippen LogP contribution is -2.36. The molecule has 1 fully saturated rings. The zero-order valence-corrected chi connectivity index (χ0v) is 10.7. The quantitative estimate of drug-likeness (QED) is 0.853. The van der Waals surface area contributed by atoms with Crippen molar-refractivity contribution in [3.63, 3.8) is 0 Å². The van der Waals surface area contributed by atoms with Crippen molar-refractivity contribution in [2.24, 2.45) is 0 Å². The van der Waals surface area contributed by atoms with Crippen molar-refractivity contribution in [3.05, 3.63) is 24.3 Å². The summed E-state index contributed by atoms with van der Waals surface area (Å²) in [6.07, 6.45) is -0.560. The Hall–Kier alpha value is -1.79. The first-order valence-electron chi connectivity index (χ1n) is 6.27. The van der Waals surface area contributed by atoms with Gasteiger partial charge in [0.2, 0.25) is 0 Å². The van der Waals surface area contributed by atoms with Gasteiger partial charge in [0, 0.05) is 13.1 Å². The zero-order chi connectivity index (χ0) is 13.5. The average Bonchev–Trinajstić information content (AvgIpc) is 2.46. The molecular formula is C13H18N2O4. The number of ether oxygens (including phenoxy) is 2. The second-order valence-corrected chi connectivity index (χ2v) is 4.10. The molecule has 0 saturated carbocycles. The van der Waals surface area contributed by atoms with Crippen LogP contribution in [0.4, 0.5) is 16.2 Å². The summed E-state index contributed by atoms with van der Waals surface area (Å²) in [6, 6.07) is 7.55. The summed E-state index contributed by atoms with van der Waals surface area (Å²) in [4.78, 5) is 13.7. The van der Waals surface area contributed by atoms with E-state index in [2.05, 4.69) is 10.2 Å². The molecule has 19 heavy (non-hydrogen) atoms. The van der Waals surface area contributed by atoms with Gasteiger partial charge in [0.15, 0.2) is 0 Å². The van der Waals surface area contributed by atoms with Gasteiger partial charge in [-0.2, -0.15) is 0 Å². The molecule has 1 aliphatic heterocycles. The fraction of sp³-hybridized carbons (Fsp3) is 0.462. The number of benzene rings is 1. The van der Waals surface area contributed by atoms with Crippen LogP contribution in [0.15, 0.2) is 24.3 Å². The number of anilines is 2. The number of aliphatic hydroxyl groups is 1. The van der Waals surface area contributed by atoms with Crippen molar-refractivity contribution >= 4 is 17.5 Å². The molecule has 2 N–H and O–H groups in total. The standard InChI is InChI=1S/C13H18N2O4/c16-7-10-19-13(17)14-11-3-1-2-4-12(11)15-5-8-18-9-6-15/h1-4,16H,5-10H2,(H,14,17). The van der Waals surface area contributed by atoms with E-state index in [4.69, 9.17) is 14.6 Å². The van der Waals surface area contributed by atoms with Crippen LogP contribution in [-0.2, 0) is 9.47 Å². The topological polar surface area (TPSA) is 71.0 Å². The van der Waals surface area contributed by atoms with Gasteiger partial charge < -0.3 is 19.5 Å². The minimum atomic E-state index is -0.560. The lowest BCUT2D eigenvalue weighted by molar-refractivity contribution is 0.122. The van der Waals surface area contributed by atoms with E-state index < -0.39 is 6.09 Å². The van der Waals surface area contributed by atoms with Gasteiger partial charge >= 0.3 is 6.09 Å². The van der Waals surface area contributed by atoms with Crippen molar-refractivity contribution in [3.8, 4) is 0 Å². The van der Waals surface area contributed by atoms with Crippen molar-refractivity contribution < 1.29 is 19.4 Å². The number of nitrogens with one attached hydrogen (secondary N) is 1. The minimum absolute atomic E-state index is 0.00838. The van der Waals surface area contributed by atoms with Gasteiger partial charge in [-0.25, -0.2) is 4.79 Å². The molecule has 6 heteroatoms. The molecule has 1 amide bonds. The number of rotatable bonds is 4. The van der Waals surface area contributed by atoms with Crippen molar-refractivity contribution in [2.45, 2.75) is 0 Å². The van der Waals surface area contributed by atoms with Crippen LogP contribution in [0.5, 0.6) is 0 Å². The molecule has 1 aliphatic rings. The van der Waals surface area contributed by atoms with Crippen molar-refractivity contribution in [1.29, 1.82) is 0 Å². The molecule has 1 saturated heterocycles. The minimum Gasteiger partial charge on any atom is -0.447 e. The van der Waals surface area contributed by atoms with Crippen LogP contribution in [0, 0.1) is 0 Å². The van der Waals surface area contributed by atoms with Crippen LogP contribution in [-0.4, -0.2) is 50.7 Å². The third-order valence-electron chi connectivity index (χ3n) is 2.82. The molecule has 2 rings (SSSR count). The summed E-state index contributed by atoms with van der Waals surface area (Å²) in [6.45, 7) is 2.77. The SMILES string of the molecule is O=C(Nc1ccccc1N1CCOCC1)OCCO. The van der Waals surface area contributed by atoms with E-state index in [0.29, 0.717) is 18.9 Å². The number of carbonyl (C=O) groups is 1. The molecule has 0 aliphatic carbocycles. The second-order valence-electron chi connectivity index (χ2n) is 4.10. The summed E-state index contributed by atoms with van der Waals surface area (Å²) in [5.41, 5.74) is 1.65. The van der Waals surface area contributed by atoms with Crippen LogP contribution in [0.2, 0.25) is 0 Å². The van der Waals surface area contributed by atoms with Gasteiger partial charge in [-0.1, -0.05) is 12.1 Å². The van der Waals surface area contributed by atoms with E-state index in [1.54, 1.807) is 0 Å². The molecule has 1 heterocycles. The van der Waals surface area contributed by atoms with E-state index in [1.165, 1.54) is 0 Å². The van der Waals surface area contributed by atoms with Gasteiger partial charge in [0.25, 0.3) is 0 Å². The molecule has 0 atom stereocenters. The number of carbonyl (C=O) groups excluding carboxylic acids is 1. The largest absolute Gasteiger partial charge is 0.447 e. The fourth-order valence-corrected chi connectivity index (χ4v) is 1.94. The molecule has 0 unspecified atom stereocenters. The third kappa shape index (κ3) is 3.84. The van der Waals surface area contributed by atoms with Crippen LogP contribution in [0.1, 0.15) is 0 Å². The molecule has 1 aromatic carbocycles. The highest BCUT2D eigenvalue weighted by molar-refractivity contribution is 5.89. The maximum atomic E-state index is 11.5. The normalized spacial score (nSPS) is 15.1. The summed E-state index contributed by atoms with van der Waals surface area (Å²) >= 11 is 0. The Morgan fingerprint density at radius 1 is 1.37 bits per heavy atom. The summed E-state index contributed by atoms with van der Waals surface area (Å²) < 4.78 is 10.1. The Balaban J connectivity index is 2.05. The van der Waals surface area contributed by atoms with Gasteiger partial charge in [0.05, 0.1) is 31.2 Å². The van der Waals surface area contributed by atoms with Crippen LogP contribution < -0.4 is 10.2 Å². The number of para-hydroxylation sites is 2. The predicted octanol–water partition coefficient (Wildman–Crippen LogP) is 1.06. The average molecular weight is 266 g/mol. The van der Waals surface area contributed by atoms with E-state index in [0.717, 1.165) is 18.8 Å². The Kier molecular flexibility index (Phi) is 5.00. The van der Waals surface area contributed by atoms with Gasteiger partial charge in [-0.3, -0.25) is 5.32 Å². The molecule has 0 aromatic heterocycles. The number of morpholine rings is 1. The fourth-order valence-electron chi connectivity index (χ4n) is 1.94. The Bertz CT molecular complexity index is 419. The van der Waals surface area contributed by atoms with E-state index in [9.17, 15) is 4.79 Å².